The van der Waals surface area contributed by atoms with Crippen molar-refractivity contribution in [1.29, 1.82) is 0 Å². The Morgan fingerprint density at radius 1 is 1.12 bits per heavy atom. The van der Waals surface area contributed by atoms with Gasteiger partial charge in [0.15, 0.2) is 5.76 Å². The number of ether oxygens (including phenoxy) is 1. The summed E-state index contributed by atoms with van der Waals surface area (Å²) < 4.78 is 11.1. The molecule has 3 heterocycles. The van der Waals surface area contributed by atoms with Crippen LogP contribution < -0.4 is 4.74 Å². The average molecular weight is 354 g/mol. The molecule has 6 heteroatoms. The van der Waals surface area contributed by atoms with Gasteiger partial charge in [-0.05, 0) is 50.1 Å². The lowest BCUT2D eigenvalue weighted by atomic mass is 10.1. The molecule has 0 unspecified atom stereocenters. The number of hydrogen-bond donors (Lipinski definition) is 0. The summed E-state index contributed by atoms with van der Waals surface area (Å²) in [4.78, 5) is 29.1. The molecule has 136 valence electrons. The number of rotatable bonds is 2. The van der Waals surface area contributed by atoms with Crippen molar-refractivity contribution in [3.05, 3.63) is 53.5 Å². The molecule has 0 spiro atoms. The van der Waals surface area contributed by atoms with Crippen molar-refractivity contribution in [2.45, 2.75) is 32.4 Å². The minimum absolute atomic E-state index is 0.0477. The van der Waals surface area contributed by atoms with Gasteiger partial charge < -0.3 is 19.0 Å². The van der Waals surface area contributed by atoms with Gasteiger partial charge >= 0.3 is 0 Å². The van der Waals surface area contributed by atoms with Gasteiger partial charge in [-0.1, -0.05) is 0 Å². The number of furan rings is 1. The third-order valence-corrected chi connectivity index (χ3v) is 5.05. The number of amides is 2. The Labute approximate surface area is 152 Å². The van der Waals surface area contributed by atoms with Crippen LogP contribution in [0.1, 0.15) is 46.2 Å². The Balaban J connectivity index is 1.61. The molecule has 0 radical (unpaired) electrons. The summed E-state index contributed by atoms with van der Waals surface area (Å²) in [6, 6.07) is 8.77. The largest absolute Gasteiger partial charge is 0.491 e. The van der Waals surface area contributed by atoms with E-state index in [1.54, 1.807) is 17.0 Å². The van der Waals surface area contributed by atoms with E-state index in [-0.39, 0.29) is 17.9 Å². The second kappa shape index (κ2) is 6.86. The van der Waals surface area contributed by atoms with E-state index in [0.29, 0.717) is 24.5 Å². The van der Waals surface area contributed by atoms with Crippen LogP contribution in [0.4, 0.5) is 0 Å². The second-order valence-electron chi connectivity index (χ2n) is 6.89. The van der Waals surface area contributed by atoms with E-state index in [1.807, 2.05) is 30.0 Å². The number of fused-ring (bicyclic) bond motifs is 1. The number of carbonyl (C=O) groups is 2. The fraction of sp³-hybridized carbons (Fsp3) is 0.400. The lowest BCUT2D eigenvalue weighted by Gasteiger charge is -2.25. The van der Waals surface area contributed by atoms with Crippen LogP contribution in [0.5, 0.6) is 5.75 Å². The molecule has 0 N–H and O–H groups in total. The molecule has 2 aliphatic heterocycles. The molecule has 1 aromatic carbocycles. The highest BCUT2D eigenvalue weighted by molar-refractivity contribution is 5.95. The molecule has 0 aliphatic carbocycles. The van der Waals surface area contributed by atoms with E-state index in [9.17, 15) is 9.59 Å². The molecule has 0 saturated carbocycles. The Morgan fingerprint density at radius 2 is 1.92 bits per heavy atom. The molecule has 1 atom stereocenters. The smallest absolute Gasteiger partial charge is 0.290 e. The summed E-state index contributed by atoms with van der Waals surface area (Å²) in [5, 5.41) is 0. The van der Waals surface area contributed by atoms with Gasteiger partial charge in [-0.2, -0.15) is 0 Å². The van der Waals surface area contributed by atoms with Crippen molar-refractivity contribution in [3.8, 4) is 5.75 Å². The molecule has 6 nitrogen and oxygen atoms in total. The molecule has 1 aromatic heterocycles. The van der Waals surface area contributed by atoms with Crippen molar-refractivity contribution in [1.82, 2.24) is 9.80 Å². The van der Waals surface area contributed by atoms with Crippen LogP contribution in [0.25, 0.3) is 0 Å². The predicted octanol–water partition coefficient (Wildman–Crippen LogP) is 2.94. The first-order chi connectivity index (χ1) is 12.6. The van der Waals surface area contributed by atoms with Gasteiger partial charge in [0, 0.05) is 24.2 Å². The Kier molecular flexibility index (Phi) is 4.41. The summed E-state index contributed by atoms with van der Waals surface area (Å²) >= 11 is 0. The van der Waals surface area contributed by atoms with Crippen LogP contribution in [-0.4, -0.2) is 47.4 Å². The maximum atomic E-state index is 12.8. The van der Waals surface area contributed by atoms with Gasteiger partial charge in [0.1, 0.15) is 12.4 Å². The predicted molar refractivity (Wildman–Crippen MR) is 95.1 cm³/mol. The molecule has 4 rings (SSSR count). The SMILES string of the molecule is C[C@H]1COc2ccc(C(=O)N3CCCC3)cc2CN1C(=O)c1ccco1. The van der Waals surface area contributed by atoms with E-state index in [4.69, 9.17) is 9.15 Å². The van der Waals surface area contributed by atoms with Crippen molar-refractivity contribution in [2.24, 2.45) is 0 Å². The Morgan fingerprint density at radius 3 is 2.65 bits per heavy atom. The molecule has 0 bridgehead atoms. The molecular formula is C20H22N2O4. The maximum Gasteiger partial charge on any atom is 0.290 e. The topological polar surface area (TPSA) is 63.0 Å². The number of likely N-dealkylation sites (tertiary alicyclic amines) is 1. The van der Waals surface area contributed by atoms with Crippen LogP contribution >= 0.6 is 0 Å². The van der Waals surface area contributed by atoms with Crippen molar-refractivity contribution in [2.75, 3.05) is 19.7 Å². The minimum Gasteiger partial charge on any atom is -0.491 e. The molecule has 1 fully saturated rings. The van der Waals surface area contributed by atoms with E-state index in [2.05, 4.69) is 0 Å². The van der Waals surface area contributed by atoms with Gasteiger partial charge in [-0.15, -0.1) is 0 Å². The molecule has 26 heavy (non-hydrogen) atoms. The summed E-state index contributed by atoms with van der Waals surface area (Å²) in [6.45, 7) is 4.36. The highest BCUT2D eigenvalue weighted by atomic mass is 16.5. The Bertz CT molecular complexity index is 809. The van der Waals surface area contributed by atoms with Crippen molar-refractivity contribution >= 4 is 11.8 Å². The van der Waals surface area contributed by atoms with Gasteiger partial charge in [0.25, 0.3) is 11.8 Å². The van der Waals surface area contributed by atoms with Gasteiger partial charge in [-0.3, -0.25) is 9.59 Å². The highest BCUT2D eigenvalue weighted by Gasteiger charge is 2.29. The zero-order valence-electron chi connectivity index (χ0n) is 14.8. The van der Waals surface area contributed by atoms with E-state index in [0.717, 1.165) is 37.2 Å². The van der Waals surface area contributed by atoms with Crippen LogP contribution in [-0.2, 0) is 6.54 Å². The monoisotopic (exact) mass is 354 g/mol. The van der Waals surface area contributed by atoms with Gasteiger partial charge in [0.2, 0.25) is 0 Å². The molecular weight excluding hydrogens is 332 g/mol. The first-order valence-corrected chi connectivity index (χ1v) is 9.03. The number of carbonyl (C=O) groups excluding carboxylic acids is 2. The van der Waals surface area contributed by atoms with Crippen LogP contribution in [0.3, 0.4) is 0 Å². The van der Waals surface area contributed by atoms with E-state index < -0.39 is 0 Å². The highest BCUT2D eigenvalue weighted by Crippen LogP contribution is 2.28. The van der Waals surface area contributed by atoms with Gasteiger partial charge in [0.05, 0.1) is 18.8 Å². The quantitative estimate of drug-likeness (QED) is 0.832. The Hall–Kier alpha value is -2.76. The molecule has 1 saturated heterocycles. The van der Waals surface area contributed by atoms with E-state index >= 15 is 0 Å². The zero-order chi connectivity index (χ0) is 18.1. The van der Waals surface area contributed by atoms with Crippen molar-refractivity contribution < 1.29 is 18.7 Å². The summed E-state index contributed by atoms with van der Waals surface area (Å²) in [7, 11) is 0. The number of nitrogens with zero attached hydrogens (tertiary/aromatic N) is 2. The van der Waals surface area contributed by atoms with Crippen LogP contribution in [0, 0.1) is 0 Å². The first-order valence-electron chi connectivity index (χ1n) is 9.03. The summed E-state index contributed by atoms with van der Waals surface area (Å²) in [5.74, 6) is 0.913. The molecule has 2 amide bonds. The second-order valence-corrected chi connectivity index (χ2v) is 6.89. The third-order valence-electron chi connectivity index (χ3n) is 5.05. The lowest BCUT2D eigenvalue weighted by Crippen LogP contribution is -2.39. The van der Waals surface area contributed by atoms with Crippen LogP contribution in [0.2, 0.25) is 0 Å². The standard InChI is InChI=1S/C20H22N2O4/c1-14-13-26-17-7-6-15(19(23)21-8-2-3-9-21)11-16(17)12-22(14)20(24)18-5-4-10-25-18/h4-7,10-11,14H,2-3,8-9,12-13H2,1H3/t14-/m0/s1. The van der Waals surface area contributed by atoms with Crippen LogP contribution in [0.15, 0.2) is 41.0 Å². The lowest BCUT2D eigenvalue weighted by molar-refractivity contribution is 0.0613. The van der Waals surface area contributed by atoms with Gasteiger partial charge in [-0.25, -0.2) is 0 Å². The summed E-state index contributed by atoms with van der Waals surface area (Å²) in [5.41, 5.74) is 1.49. The first kappa shape index (κ1) is 16.7. The van der Waals surface area contributed by atoms with E-state index in [1.165, 1.54) is 6.26 Å². The zero-order valence-corrected chi connectivity index (χ0v) is 14.8. The summed E-state index contributed by atoms with van der Waals surface area (Å²) in [6.07, 6.45) is 3.61. The fourth-order valence-electron chi connectivity index (χ4n) is 3.53. The normalized spacial score (nSPS) is 19.7. The molecule has 2 aliphatic rings. The molecule has 2 aromatic rings. The average Bonchev–Trinajstić information content (AvgIpc) is 3.34. The number of hydrogen-bond acceptors (Lipinski definition) is 4. The number of benzene rings is 1. The third kappa shape index (κ3) is 3.07. The van der Waals surface area contributed by atoms with Crippen molar-refractivity contribution in [3.63, 3.8) is 0 Å². The fourth-order valence-corrected chi connectivity index (χ4v) is 3.53. The minimum atomic E-state index is -0.171. The maximum absolute atomic E-state index is 12.8.